The standard InChI is InChI=1S/C16H15BrN2O2/c1-10-4-3-5-12(8-10)18-15(20)16(21)19-13-7-6-11(2)14(17)9-13/h3-9H,1-2H3,(H,18,20)(H,19,21). The van der Waals surface area contributed by atoms with E-state index < -0.39 is 11.8 Å². The quantitative estimate of drug-likeness (QED) is 0.815. The van der Waals surface area contributed by atoms with Gasteiger partial charge in [-0.15, -0.1) is 0 Å². The van der Waals surface area contributed by atoms with Crippen LogP contribution in [0.4, 0.5) is 11.4 Å². The van der Waals surface area contributed by atoms with Crippen LogP contribution in [0.1, 0.15) is 11.1 Å². The fourth-order valence-electron chi connectivity index (χ4n) is 1.77. The number of aryl methyl sites for hydroxylation is 2. The molecule has 2 rings (SSSR count). The Morgan fingerprint density at radius 1 is 0.905 bits per heavy atom. The average molecular weight is 347 g/mol. The summed E-state index contributed by atoms with van der Waals surface area (Å²) in [6.45, 7) is 3.86. The molecule has 0 atom stereocenters. The van der Waals surface area contributed by atoms with Crippen molar-refractivity contribution in [3.8, 4) is 0 Å². The summed E-state index contributed by atoms with van der Waals surface area (Å²) in [6, 6.07) is 12.6. The van der Waals surface area contributed by atoms with Crippen molar-refractivity contribution in [3.05, 3.63) is 58.1 Å². The van der Waals surface area contributed by atoms with Gasteiger partial charge in [0.25, 0.3) is 0 Å². The molecule has 0 radical (unpaired) electrons. The summed E-state index contributed by atoms with van der Waals surface area (Å²) >= 11 is 3.38. The maximum atomic E-state index is 11.9. The number of carbonyl (C=O) groups is 2. The maximum Gasteiger partial charge on any atom is 0.314 e. The number of amides is 2. The van der Waals surface area contributed by atoms with Gasteiger partial charge in [-0.3, -0.25) is 9.59 Å². The second-order valence-corrected chi connectivity index (χ2v) is 5.60. The Bertz CT molecular complexity index is 698. The van der Waals surface area contributed by atoms with Crippen LogP contribution in [-0.4, -0.2) is 11.8 Å². The van der Waals surface area contributed by atoms with E-state index in [2.05, 4.69) is 26.6 Å². The molecule has 0 aromatic heterocycles. The first kappa shape index (κ1) is 15.3. The number of halogens is 1. The summed E-state index contributed by atoms with van der Waals surface area (Å²) < 4.78 is 0.874. The smallest absolute Gasteiger partial charge is 0.314 e. The van der Waals surface area contributed by atoms with Crippen LogP contribution in [0, 0.1) is 13.8 Å². The molecule has 0 spiro atoms. The minimum atomic E-state index is -0.702. The molecule has 2 aromatic carbocycles. The monoisotopic (exact) mass is 346 g/mol. The third kappa shape index (κ3) is 4.16. The zero-order chi connectivity index (χ0) is 15.4. The first-order chi connectivity index (χ1) is 9.95. The molecule has 0 saturated carbocycles. The van der Waals surface area contributed by atoms with Gasteiger partial charge in [0.2, 0.25) is 0 Å². The first-order valence-electron chi connectivity index (χ1n) is 6.41. The van der Waals surface area contributed by atoms with Gasteiger partial charge in [-0.1, -0.05) is 34.1 Å². The minimum absolute atomic E-state index is 0.567. The number of anilines is 2. The molecule has 0 aliphatic carbocycles. The molecule has 4 nitrogen and oxygen atoms in total. The van der Waals surface area contributed by atoms with Gasteiger partial charge in [0.05, 0.1) is 0 Å². The second kappa shape index (κ2) is 6.54. The lowest BCUT2D eigenvalue weighted by atomic mass is 10.2. The highest BCUT2D eigenvalue weighted by atomic mass is 79.9. The molecule has 0 unspecified atom stereocenters. The summed E-state index contributed by atoms with van der Waals surface area (Å²) in [6.07, 6.45) is 0. The van der Waals surface area contributed by atoms with Crippen LogP contribution in [0.5, 0.6) is 0 Å². The van der Waals surface area contributed by atoms with Crippen molar-refractivity contribution in [2.75, 3.05) is 10.6 Å². The number of hydrogen-bond donors (Lipinski definition) is 2. The number of benzene rings is 2. The topological polar surface area (TPSA) is 58.2 Å². The van der Waals surface area contributed by atoms with Crippen LogP contribution in [-0.2, 0) is 9.59 Å². The van der Waals surface area contributed by atoms with Gasteiger partial charge < -0.3 is 10.6 Å². The van der Waals surface area contributed by atoms with Gasteiger partial charge in [-0.25, -0.2) is 0 Å². The molecule has 108 valence electrons. The van der Waals surface area contributed by atoms with Crippen LogP contribution in [0.2, 0.25) is 0 Å². The van der Waals surface area contributed by atoms with Crippen molar-refractivity contribution in [1.29, 1.82) is 0 Å². The molecular formula is C16H15BrN2O2. The molecule has 0 bridgehead atoms. The summed E-state index contributed by atoms with van der Waals surface area (Å²) in [7, 11) is 0. The number of carbonyl (C=O) groups excluding carboxylic acids is 2. The Kier molecular flexibility index (Phi) is 4.75. The van der Waals surface area contributed by atoms with Gasteiger partial charge in [0.1, 0.15) is 0 Å². The minimum Gasteiger partial charge on any atom is -0.318 e. The fraction of sp³-hybridized carbons (Fsp3) is 0.125. The largest absolute Gasteiger partial charge is 0.318 e. The summed E-state index contributed by atoms with van der Waals surface area (Å²) in [5, 5.41) is 5.13. The molecule has 5 heteroatoms. The van der Waals surface area contributed by atoms with E-state index in [1.807, 2.05) is 32.0 Å². The van der Waals surface area contributed by atoms with Crippen molar-refractivity contribution >= 4 is 39.1 Å². The second-order valence-electron chi connectivity index (χ2n) is 4.74. The van der Waals surface area contributed by atoms with Gasteiger partial charge in [-0.05, 0) is 49.2 Å². The van der Waals surface area contributed by atoms with E-state index in [0.29, 0.717) is 11.4 Å². The molecule has 0 aliphatic heterocycles. The Labute approximate surface area is 131 Å². The third-order valence-electron chi connectivity index (χ3n) is 2.91. The van der Waals surface area contributed by atoms with E-state index >= 15 is 0 Å². The highest BCUT2D eigenvalue weighted by molar-refractivity contribution is 9.10. The van der Waals surface area contributed by atoms with Gasteiger partial charge in [-0.2, -0.15) is 0 Å². The number of nitrogens with one attached hydrogen (secondary N) is 2. The summed E-state index contributed by atoms with van der Waals surface area (Å²) in [5.41, 5.74) is 3.23. The lowest BCUT2D eigenvalue weighted by molar-refractivity contribution is -0.132. The highest BCUT2D eigenvalue weighted by Crippen LogP contribution is 2.20. The Morgan fingerprint density at radius 3 is 2.10 bits per heavy atom. The van der Waals surface area contributed by atoms with Gasteiger partial charge in [0, 0.05) is 15.8 Å². The van der Waals surface area contributed by atoms with Gasteiger partial charge >= 0.3 is 11.8 Å². The van der Waals surface area contributed by atoms with Crippen LogP contribution in [0.25, 0.3) is 0 Å². The average Bonchev–Trinajstić information content (AvgIpc) is 2.43. The van der Waals surface area contributed by atoms with Crippen LogP contribution < -0.4 is 10.6 Å². The predicted molar refractivity (Wildman–Crippen MR) is 87.3 cm³/mol. The van der Waals surface area contributed by atoms with E-state index in [4.69, 9.17) is 0 Å². The third-order valence-corrected chi connectivity index (χ3v) is 3.77. The SMILES string of the molecule is Cc1cccc(NC(=O)C(=O)Nc2ccc(C)c(Br)c2)c1. The Morgan fingerprint density at radius 2 is 1.52 bits per heavy atom. The molecule has 2 amide bonds. The van der Waals surface area contributed by atoms with Crippen LogP contribution in [0.3, 0.4) is 0 Å². The maximum absolute atomic E-state index is 11.9. The van der Waals surface area contributed by atoms with Crippen molar-refractivity contribution in [2.24, 2.45) is 0 Å². The van der Waals surface area contributed by atoms with Gasteiger partial charge in [0.15, 0.2) is 0 Å². The summed E-state index contributed by atoms with van der Waals surface area (Å²) in [4.78, 5) is 23.7. The predicted octanol–water partition coefficient (Wildman–Crippen LogP) is 3.64. The Balaban J connectivity index is 2.02. The first-order valence-corrected chi connectivity index (χ1v) is 7.20. The molecule has 2 aromatic rings. The Hall–Kier alpha value is -2.14. The zero-order valence-electron chi connectivity index (χ0n) is 11.7. The molecule has 0 aliphatic rings. The number of hydrogen-bond acceptors (Lipinski definition) is 2. The molecule has 0 saturated heterocycles. The highest BCUT2D eigenvalue weighted by Gasteiger charge is 2.14. The van der Waals surface area contributed by atoms with Crippen molar-refractivity contribution < 1.29 is 9.59 Å². The van der Waals surface area contributed by atoms with Crippen molar-refractivity contribution in [3.63, 3.8) is 0 Å². The molecule has 2 N–H and O–H groups in total. The van der Waals surface area contributed by atoms with E-state index in [1.54, 1.807) is 24.3 Å². The molecule has 0 heterocycles. The van der Waals surface area contributed by atoms with E-state index in [-0.39, 0.29) is 0 Å². The van der Waals surface area contributed by atoms with Crippen LogP contribution >= 0.6 is 15.9 Å². The normalized spacial score (nSPS) is 10.0. The van der Waals surface area contributed by atoms with E-state index in [9.17, 15) is 9.59 Å². The van der Waals surface area contributed by atoms with E-state index in [1.165, 1.54) is 0 Å². The molecular weight excluding hydrogens is 332 g/mol. The molecule has 21 heavy (non-hydrogen) atoms. The zero-order valence-corrected chi connectivity index (χ0v) is 13.3. The van der Waals surface area contributed by atoms with Crippen molar-refractivity contribution in [1.82, 2.24) is 0 Å². The summed E-state index contributed by atoms with van der Waals surface area (Å²) in [5.74, 6) is -1.40. The van der Waals surface area contributed by atoms with E-state index in [0.717, 1.165) is 15.6 Å². The molecule has 0 fully saturated rings. The lowest BCUT2D eigenvalue weighted by Crippen LogP contribution is -2.29. The number of rotatable bonds is 2. The van der Waals surface area contributed by atoms with Crippen LogP contribution in [0.15, 0.2) is 46.9 Å². The lowest BCUT2D eigenvalue weighted by Gasteiger charge is -2.08. The fourth-order valence-corrected chi connectivity index (χ4v) is 2.15. The van der Waals surface area contributed by atoms with Crippen molar-refractivity contribution in [2.45, 2.75) is 13.8 Å².